The molecule has 0 heterocycles. The predicted molar refractivity (Wildman–Crippen MR) is 75.5 cm³/mol. The molecule has 0 saturated heterocycles. The van der Waals surface area contributed by atoms with E-state index < -0.39 is 17.7 Å². The van der Waals surface area contributed by atoms with Gasteiger partial charge in [0.2, 0.25) is 0 Å². The fourth-order valence-electron chi connectivity index (χ4n) is 2.92. The summed E-state index contributed by atoms with van der Waals surface area (Å²) in [5, 5.41) is 0. The van der Waals surface area contributed by atoms with Gasteiger partial charge in [-0.25, -0.2) is 8.78 Å². The standard InChI is InChI=1S/C17H17F2N/c18-15-6-2-5-14(17(15)19)16(20)10-11-7-8-12-3-1-4-13(12)9-11/h2,5-9,16H,1,3-4,10,20H2. The van der Waals surface area contributed by atoms with Crippen LogP contribution in [-0.4, -0.2) is 0 Å². The lowest BCUT2D eigenvalue weighted by atomic mass is 9.97. The summed E-state index contributed by atoms with van der Waals surface area (Å²) in [6, 6.07) is 9.96. The summed E-state index contributed by atoms with van der Waals surface area (Å²) in [6.07, 6.45) is 3.96. The Morgan fingerprint density at radius 3 is 2.70 bits per heavy atom. The van der Waals surface area contributed by atoms with Crippen molar-refractivity contribution in [2.24, 2.45) is 5.73 Å². The van der Waals surface area contributed by atoms with Gasteiger partial charge in [-0.1, -0.05) is 30.3 Å². The number of halogens is 2. The second-order valence-electron chi connectivity index (χ2n) is 5.41. The molecular weight excluding hydrogens is 256 g/mol. The molecule has 0 spiro atoms. The number of hydrogen-bond acceptors (Lipinski definition) is 1. The fraction of sp³-hybridized carbons (Fsp3) is 0.294. The van der Waals surface area contributed by atoms with Crippen molar-refractivity contribution < 1.29 is 8.78 Å². The third-order valence-electron chi connectivity index (χ3n) is 4.00. The Balaban J connectivity index is 1.82. The van der Waals surface area contributed by atoms with Crippen molar-refractivity contribution in [1.29, 1.82) is 0 Å². The van der Waals surface area contributed by atoms with E-state index in [1.165, 1.54) is 23.6 Å². The smallest absolute Gasteiger partial charge is 0.163 e. The molecule has 0 amide bonds. The number of hydrogen-bond donors (Lipinski definition) is 1. The van der Waals surface area contributed by atoms with Gasteiger partial charge in [0.25, 0.3) is 0 Å². The number of aryl methyl sites for hydroxylation is 2. The minimum atomic E-state index is -0.841. The molecule has 1 atom stereocenters. The summed E-state index contributed by atoms with van der Waals surface area (Å²) in [6.45, 7) is 0. The minimum absolute atomic E-state index is 0.241. The first-order valence-corrected chi connectivity index (χ1v) is 6.95. The zero-order valence-electron chi connectivity index (χ0n) is 11.2. The van der Waals surface area contributed by atoms with Crippen LogP contribution in [0.4, 0.5) is 8.78 Å². The van der Waals surface area contributed by atoms with Gasteiger partial charge < -0.3 is 5.73 Å². The van der Waals surface area contributed by atoms with Crippen LogP contribution in [0.3, 0.4) is 0 Å². The van der Waals surface area contributed by atoms with Crippen LogP contribution in [0.2, 0.25) is 0 Å². The topological polar surface area (TPSA) is 26.0 Å². The van der Waals surface area contributed by atoms with E-state index in [2.05, 4.69) is 12.1 Å². The molecule has 0 fully saturated rings. The second-order valence-corrected chi connectivity index (χ2v) is 5.41. The van der Waals surface area contributed by atoms with E-state index in [-0.39, 0.29) is 5.56 Å². The van der Waals surface area contributed by atoms with Gasteiger partial charge in [-0.2, -0.15) is 0 Å². The summed E-state index contributed by atoms with van der Waals surface area (Å²) in [5.74, 6) is -1.67. The minimum Gasteiger partial charge on any atom is -0.324 e. The van der Waals surface area contributed by atoms with Crippen molar-refractivity contribution in [3.63, 3.8) is 0 Å². The summed E-state index contributed by atoms with van der Waals surface area (Å²) < 4.78 is 26.9. The molecule has 0 aliphatic heterocycles. The van der Waals surface area contributed by atoms with E-state index in [0.717, 1.165) is 24.5 Å². The molecule has 20 heavy (non-hydrogen) atoms. The largest absolute Gasteiger partial charge is 0.324 e. The molecule has 3 heteroatoms. The molecule has 1 aliphatic carbocycles. The van der Waals surface area contributed by atoms with Crippen LogP contribution >= 0.6 is 0 Å². The highest BCUT2D eigenvalue weighted by molar-refractivity contribution is 5.36. The maximum atomic E-state index is 13.7. The van der Waals surface area contributed by atoms with Crippen molar-refractivity contribution in [2.75, 3.05) is 0 Å². The molecule has 0 saturated carbocycles. The second kappa shape index (κ2) is 5.33. The lowest BCUT2D eigenvalue weighted by molar-refractivity contribution is 0.488. The first-order chi connectivity index (χ1) is 9.65. The Bertz CT molecular complexity index is 637. The summed E-state index contributed by atoms with van der Waals surface area (Å²) in [7, 11) is 0. The third kappa shape index (κ3) is 2.46. The van der Waals surface area contributed by atoms with Crippen LogP contribution in [-0.2, 0) is 19.3 Å². The normalized spacial score (nSPS) is 15.2. The van der Waals surface area contributed by atoms with E-state index >= 15 is 0 Å². The molecule has 0 radical (unpaired) electrons. The Hall–Kier alpha value is -1.74. The molecular formula is C17H17F2N. The molecule has 2 aromatic carbocycles. The molecule has 2 N–H and O–H groups in total. The van der Waals surface area contributed by atoms with E-state index in [9.17, 15) is 8.78 Å². The van der Waals surface area contributed by atoms with Gasteiger partial charge in [0, 0.05) is 11.6 Å². The van der Waals surface area contributed by atoms with E-state index in [1.54, 1.807) is 6.07 Å². The van der Waals surface area contributed by atoms with Gasteiger partial charge in [0.05, 0.1) is 0 Å². The summed E-state index contributed by atoms with van der Waals surface area (Å²) in [5.41, 5.74) is 10.1. The molecule has 1 unspecified atom stereocenters. The number of fused-ring (bicyclic) bond motifs is 1. The van der Waals surface area contributed by atoms with Crippen molar-refractivity contribution in [2.45, 2.75) is 31.7 Å². The summed E-state index contributed by atoms with van der Waals surface area (Å²) in [4.78, 5) is 0. The SMILES string of the molecule is NC(Cc1ccc2c(c1)CCC2)c1cccc(F)c1F. The van der Waals surface area contributed by atoms with Crippen molar-refractivity contribution in [3.05, 3.63) is 70.3 Å². The Morgan fingerprint density at radius 1 is 1.05 bits per heavy atom. The van der Waals surface area contributed by atoms with Gasteiger partial charge in [-0.15, -0.1) is 0 Å². The van der Waals surface area contributed by atoms with Crippen LogP contribution in [0.1, 0.15) is 34.7 Å². The van der Waals surface area contributed by atoms with Crippen molar-refractivity contribution in [1.82, 2.24) is 0 Å². The first-order valence-electron chi connectivity index (χ1n) is 6.95. The van der Waals surface area contributed by atoms with Gasteiger partial charge >= 0.3 is 0 Å². The van der Waals surface area contributed by atoms with Crippen LogP contribution in [0.5, 0.6) is 0 Å². The zero-order chi connectivity index (χ0) is 14.1. The number of nitrogens with two attached hydrogens (primary N) is 1. The van der Waals surface area contributed by atoms with Crippen molar-refractivity contribution in [3.8, 4) is 0 Å². The highest BCUT2D eigenvalue weighted by Gasteiger charge is 2.16. The van der Waals surface area contributed by atoms with Crippen LogP contribution in [0.15, 0.2) is 36.4 Å². The fourth-order valence-corrected chi connectivity index (χ4v) is 2.92. The van der Waals surface area contributed by atoms with E-state index in [0.29, 0.717) is 6.42 Å². The average Bonchev–Trinajstić information content (AvgIpc) is 2.89. The van der Waals surface area contributed by atoms with Gasteiger partial charge in [0.1, 0.15) is 0 Å². The lowest BCUT2D eigenvalue weighted by Crippen LogP contribution is -2.15. The molecule has 104 valence electrons. The maximum Gasteiger partial charge on any atom is 0.163 e. The molecule has 2 aromatic rings. The lowest BCUT2D eigenvalue weighted by Gasteiger charge is -2.14. The Morgan fingerprint density at radius 2 is 1.85 bits per heavy atom. The molecule has 1 nitrogen and oxygen atoms in total. The Labute approximate surface area is 117 Å². The maximum absolute atomic E-state index is 13.7. The molecule has 3 rings (SSSR count). The Kier molecular flexibility index (Phi) is 3.53. The first kappa shape index (κ1) is 13.3. The quantitative estimate of drug-likeness (QED) is 0.906. The molecule has 0 aromatic heterocycles. The zero-order valence-corrected chi connectivity index (χ0v) is 11.2. The molecule has 1 aliphatic rings. The highest BCUT2D eigenvalue weighted by atomic mass is 19.2. The number of rotatable bonds is 3. The third-order valence-corrected chi connectivity index (χ3v) is 4.00. The monoisotopic (exact) mass is 273 g/mol. The van der Waals surface area contributed by atoms with E-state index in [4.69, 9.17) is 5.73 Å². The predicted octanol–water partition coefficient (Wildman–Crippen LogP) is 3.70. The van der Waals surface area contributed by atoms with Crippen LogP contribution < -0.4 is 5.73 Å². The number of benzene rings is 2. The van der Waals surface area contributed by atoms with Crippen molar-refractivity contribution >= 4 is 0 Å². The average molecular weight is 273 g/mol. The van der Waals surface area contributed by atoms with Gasteiger partial charge in [-0.05, 0) is 48.4 Å². The van der Waals surface area contributed by atoms with Crippen LogP contribution in [0, 0.1) is 11.6 Å². The van der Waals surface area contributed by atoms with E-state index in [1.807, 2.05) is 6.07 Å². The highest BCUT2D eigenvalue weighted by Crippen LogP contribution is 2.26. The van der Waals surface area contributed by atoms with Gasteiger partial charge in [0.15, 0.2) is 11.6 Å². The van der Waals surface area contributed by atoms with Gasteiger partial charge in [-0.3, -0.25) is 0 Å². The summed E-state index contributed by atoms with van der Waals surface area (Å²) >= 11 is 0. The van der Waals surface area contributed by atoms with Crippen LogP contribution in [0.25, 0.3) is 0 Å². The molecule has 0 bridgehead atoms.